The van der Waals surface area contributed by atoms with Crippen molar-refractivity contribution in [3.63, 3.8) is 0 Å². The predicted molar refractivity (Wildman–Crippen MR) is 71.4 cm³/mol. The number of rotatable bonds is 2. The smallest absolute Gasteiger partial charge is 0.163 e. The highest BCUT2D eigenvalue weighted by atomic mass is 35.5. The van der Waals surface area contributed by atoms with E-state index in [0.29, 0.717) is 10.8 Å². The second-order valence-corrected chi connectivity index (χ2v) is 4.38. The van der Waals surface area contributed by atoms with Crippen LogP contribution >= 0.6 is 11.6 Å². The van der Waals surface area contributed by atoms with Crippen molar-refractivity contribution in [2.45, 2.75) is 13.5 Å². The molecule has 1 aromatic carbocycles. The average Bonchev–Trinajstić information content (AvgIpc) is 2.80. The summed E-state index contributed by atoms with van der Waals surface area (Å²) in [6, 6.07) is 7.53. The molecule has 0 bridgehead atoms. The van der Waals surface area contributed by atoms with E-state index < -0.39 is 0 Å². The molecule has 0 aliphatic carbocycles. The lowest BCUT2D eigenvalue weighted by Gasteiger charge is -2.02. The highest BCUT2D eigenvalue weighted by Gasteiger charge is 2.07. The van der Waals surface area contributed by atoms with Crippen LogP contribution in [0.4, 0.5) is 0 Å². The Balaban J connectivity index is 2.18. The Hall–Kier alpha value is -1.94. The molecule has 0 fully saturated rings. The summed E-state index contributed by atoms with van der Waals surface area (Å²) in [7, 11) is 0. The Labute approximate surface area is 109 Å². The molecule has 4 nitrogen and oxygen atoms in total. The van der Waals surface area contributed by atoms with Crippen molar-refractivity contribution in [1.82, 2.24) is 19.5 Å². The van der Waals surface area contributed by atoms with Gasteiger partial charge in [0, 0.05) is 17.1 Å². The molecule has 0 atom stereocenters. The number of hydrogen-bond donors (Lipinski definition) is 0. The van der Waals surface area contributed by atoms with E-state index in [1.165, 1.54) is 0 Å². The van der Waals surface area contributed by atoms with Crippen molar-refractivity contribution in [3.8, 4) is 11.4 Å². The third kappa shape index (κ3) is 1.84. The Morgan fingerprint density at radius 1 is 1.28 bits per heavy atom. The monoisotopic (exact) mass is 258 g/mol. The molecular formula is C13H11ClN4. The van der Waals surface area contributed by atoms with Gasteiger partial charge < -0.3 is 4.57 Å². The van der Waals surface area contributed by atoms with Crippen molar-refractivity contribution in [3.05, 3.63) is 41.8 Å². The first-order valence-electron chi connectivity index (χ1n) is 5.71. The second kappa shape index (κ2) is 4.38. The molecule has 5 heteroatoms. The molecule has 18 heavy (non-hydrogen) atoms. The molecular weight excluding hydrogens is 248 g/mol. The topological polar surface area (TPSA) is 43.6 Å². The summed E-state index contributed by atoms with van der Waals surface area (Å²) >= 11 is 5.98. The van der Waals surface area contributed by atoms with Crippen LogP contribution in [0.15, 0.2) is 36.8 Å². The molecule has 0 spiro atoms. The summed E-state index contributed by atoms with van der Waals surface area (Å²) in [5.74, 6) is 0.667. The number of aryl methyl sites for hydroxylation is 1. The van der Waals surface area contributed by atoms with Crippen LogP contribution in [0.5, 0.6) is 0 Å². The van der Waals surface area contributed by atoms with Gasteiger partial charge in [0.05, 0.1) is 12.5 Å². The van der Waals surface area contributed by atoms with Gasteiger partial charge in [-0.3, -0.25) is 0 Å². The van der Waals surface area contributed by atoms with E-state index in [-0.39, 0.29) is 0 Å². The van der Waals surface area contributed by atoms with Crippen molar-refractivity contribution in [2.75, 3.05) is 0 Å². The first-order valence-corrected chi connectivity index (χ1v) is 6.09. The maximum atomic E-state index is 5.98. The van der Waals surface area contributed by atoms with Crippen molar-refractivity contribution < 1.29 is 0 Å². The average molecular weight is 259 g/mol. The maximum Gasteiger partial charge on any atom is 0.163 e. The van der Waals surface area contributed by atoms with Crippen molar-refractivity contribution in [1.29, 1.82) is 0 Å². The molecule has 2 aromatic heterocycles. The van der Waals surface area contributed by atoms with E-state index in [0.717, 1.165) is 23.3 Å². The van der Waals surface area contributed by atoms with Gasteiger partial charge in [-0.05, 0) is 19.1 Å². The zero-order valence-electron chi connectivity index (χ0n) is 9.84. The lowest BCUT2D eigenvalue weighted by molar-refractivity contribution is 0.777. The molecule has 0 radical (unpaired) electrons. The standard InChI is InChI=1S/C13H11ClN4/c1-2-18-8-16-11-7-15-12(17-13(11)18)9-4-3-5-10(14)6-9/h3-8H,2H2,1H3. The highest BCUT2D eigenvalue weighted by Crippen LogP contribution is 2.21. The van der Waals surface area contributed by atoms with Gasteiger partial charge in [-0.1, -0.05) is 23.7 Å². The van der Waals surface area contributed by atoms with Crippen LogP contribution in [0.1, 0.15) is 6.92 Å². The number of halogens is 1. The minimum Gasteiger partial charge on any atom is -0.315 e. The fourth-order valence-corrected chi connectivity index (χ4v) is 2.04. The maximum absolute atomic E-state index is 5.98. The summed E-state index contributed by atoms with van der Waals surface area (Å²) in [4.78, 5) is 13.1. The second-order valence-electron chi connectivity index (χ2n) is 3.94. The zero-order chi connectivity index (χ0) is 12.5. The van der Waals surface area contributed by atoms with Crippen LogP contribution in [0.25, 0.3) is 22.6 Å². The van der Waals surface area contributed by atoms with E-state index in [9.17, 15) is 0 Å². The number of imidazole rings is 1. The van der Waals surface area contributed by atoms with Crippen LogP contribution in [0.3, 0.4) is 0 Å². The highest BCUT2D eigenvalue weighted by molar-refractivity contribution is 6.30. The molecule has 2 heterocycles. The summed E-state index contributed by atoms with van der Waals surface area (Å²) in [6.45, 7) is 2.89. The summed E-state index contributed by atoms with van der Waals surface area (Å²) in [5, 5.41) is 0.681. The molecule has 0 aliphatic heterocycles. The Bertz CT molecular complexity index is 705. The summed E-state index contributed by atoms with van der Waals surface area (Å²) < 4.78 is 1.99. The molecule has 3 rings (SSSR count). The fraction of sp³-hybridized carbons (Fsp3) is 0.154. The molecule has 0 saturated carbocycles. The van der Waals surface area contributed by atoms with Gasteiger partial charge in [-0.2, -0.15) is 0 Å². The third-order valence-corrected chi connectivity index (χ3v) is 3.02. The minimum absolute atomic E-state index is 0.667. The number of fused-ring (bicyclic) bond motifs is 1. The van der Waals surface area contributed by atoms with Crippen LogP contribution in [0.2, 0.25) is 5.02 Å². The van der Waals surface area contributed by atoms with Crippen molar-refractivity contribution >= 4 is 22.8 Å². The minimum atomic E-state index is 0.667. The van der Waals surface area contributed by atoms with Crippen LogP contribution in [-0.2, 0) is 6.54 Å². The largest absolute Gasteiger partial charge is 0.315 e. The van der Waals surface area contributed by atoms with Gasteiger partial charge in [-0.15, -0.1) is 0 Å². The SMILES string of the molecule is CCn1cnc2cnc(-c3cccc(Cl)c3)nc21. The lowest BCUT2D eigenvalue weighted by Crippen LogP contribution is -1.96. The molecule has 0 N–H and O–H groups in total. The molecule has 0 amide bonds. The van der Waals surface area contributed by atoms with E-state index in [4.69, 9.17) is 11.6 Å². The van der Waals surface area contributed by atoms with Crippen molar-refractivity contribution in [2.24, 2.45) is 0 Å². The Kier molecular flexibility index (Phi) is 2.72. The molecule has 0 unspecified atom stereocenters. The van der Waals surface area contributed by atoms with Crippen LogP contribution in [-0.4, -0.2) is 19.5 Å². The third-order valence-electron chi connectivity index (χ3n) is 2.78. The van der Waals surface area contributed by atoms with E-state index in [2.05, 4.69) is 21.9 Å². The van der Waals surface area contributed by atoms with Gasteiger partial charge in [0.15, 0.2) is 11.5 Å². The Morgan fingerprint density at radius 2 is 2.17 bits per heavy atom. The molecule has 0 aliphatic rings. The zero-order valence-corrected chi connectivity index (χ0v) is 10.6. The Morgan fingerprint density at radius 3 is 2.94 bits per heavy atom. The number of nitrogens with zero attached hydrogens (tertiary/aromatic N) is 4. The van der Waals surface area contributed by atoms with Gasteiger partial charge in [-0.25, -0.2) is 15.0 Å². The number of hydrogen-bond acceptors (Lipinski definition) is 3. The van der Waals surface area contributed by atoms with E-state index in [1.54, 1.807) is 12.5 Å². The molecule has 90 valence electrons. The lowest BCUT2D eigenvalue weighted by atomic mass is 10.2. The van der Waals surface area contributed by atoms with Gasteiger partial charge in [0.25, 0.3) is 0 Å². The normalized spacial score (nSPS) is 11.0. The molecule has 0 saturated heterocycles. The van der Waals surface area contributed by atoms with Gasteiger partial charge in [0.2, 0.25) is 0 Å². The van der Waals surface area contributed by atoms with Gasteiger partial charge in [0.1, 0.15) is 5.52 Å². The van der Waals surface area contributed by atoms with E-state index in [1.807, 2.05) is 28.8 Å². The van der Waals surface area contributed by atoms with Crippen LogP contribution in [0, 0.1) is 0 Å². The van der Waals surface area contributed by atoms with E-state index >= 15 is 0 Å². The first kappa shape index (κ1) is 11.2. The number of aromatic nitrogens is 4. The first-order chi connectivity index (χ1) is 8.78. The number of benzene rings is 1. The summed E-state index contributed by atoms with van der Waals surface area (Å²) in [6.07, 6.45) is 3.52. The van der Waals surface area contributed by atoms with Gasteiger partial charge >= 0.3 is 0 Å². The van der Waals surface area contributed by atoms with Crippen LogP contribution < -0.4 is 0 Å². The quantitative estimate of drug-likeness (QED) is 0.709. The summed E-state index contributed by atoms with van der Waals surface area (Å²) in [5.41, 5.74) is 2.57. The predicted octanol–water partition coefficient (Wildman–Crippen LogP) is 3.17. The molecule has 3 aromatic rings. The fourth-order valence-electron chi connectivity index (χ4n) is 1.85.